The van der Waals surface area contributed by atoms with Crippen molar-refractivity contribution in [2.24, 2.45) is 0 Å². The van der Waals surface area contributed by atoms with Gasteiger partial charge >= 0.3 is 0 Å². The number of non-ortho nitro benzene ring substituents is 1. The quantitative estimate of drug-likeness (QED) is 0.661. The van der Waals surface area contributed by atoms with Crippen molar-refractivity contribution in [2.75, 3.05) is 6.54 Å². The largest absolute Gasteiger partial charge is 0.355 e. The number of fused-ring (bicyclic) bond motifs is 1. The third kappa shape index (κ3) is 2.73. The van der Waals surface area contributed by atoms with Gasteiger partial charge in [-0.2, -0.15) is 0 Å². The molecule has 2 aromatic rings. The fourth-order valence-corrected chi connectivity index (χ4v) is 1.98. The molecule has 1 aromatic carbocycles. The molecule has 0 spiro atoms. The van der Waals surface area contributed by atoms with Crippen LogP contribution in [-0.4, -0.2) is 21.9 Å². The summed E-state index contributed by atoms with van der Waals surface area (Å²) in [6.07, 6.45) is 2.58. The number of carbonyl (C=O) groups is 1. The molecule has 0 aliphatic heterocycles. The molecule has 1 heterocycles. The van der Waals surface area contributed by atoms with Crippen molar-refractivity contribution in [3.63, 3.8) is 0 Å². The molecule has 0 bridgehead atoms. The second-order valence-electron chi connectivity index (χ2n) is 4.26. The second-order valence-corrected chi connectivity index (χ2v) is 4.26. The number of carbonyl (C=O) groups excluding carboxylic acids is 1. The van der Waals surface area contributed by atoms with Gasteiger partial charge in [0.25, 0.3) is 5.69 Å². The molecule has 1 amide bonds. The average Bonchev–Trinajstić information content (AvgIpc) is 2.79. The van der Waals surface area contributed by atoms with Crippen LogP contribution in [0, 0.1) is 10.1 Å². The standard InChI is InChI=1S/C13H15N3O3/c1-2-7-14-13(17)9-15-8-6-10-11(15)4-3-5-12(10)16(18)19/h3-6,8H,2,7,9H2,1H3,(H,14,17). The lowest BCUT2D eigenvalue weighted by molar-refractivity contribution is -0.383. The van der Waals surface area contributed by atoms with Crippen molar-refractivity contribution in [3.8, 4) is 0 Å². The Labute approximate surface area is 110 Å². The summed E-state index contributed by atoms with van der Waals surface area (Å²) in [4.78, 5) is 22.2. The van der Waals surface area contributed by atoms with E-state index in [0.29, 0.717) is 17.4 Å². The highest BCUT2D eigenvalue weighted by Gasteiger charge is 2.14. The van der Waals surface area contributed by atoms with Gasteiger partial charge < -0.3 is 9.88 Å². The Morgan fingerprint density at radius 1 is 1.42 bits per heavy atom. The van der Waals surface area contributed by atoms with E-state index in [2.05, 4.69) is 5.32 Å². The predicted molar refractivity (Wildman–Crippen MR) is 71.9 cm³/mol. The molecule has 1 N–H and O–H groups in total. The Morgan fingerprint density at radius 2 is 2.21 bits per heavy atom. The van der Waals surface area contributed by atoms with Crippen molar-refractivity contribution in [1.29, 1.82) is 0 Å². The summed E-state index contributed by atoms with van der Waals surface area (Å²) >= 11 is 0. The number of amides is 1. The van der Waals surface area contributed by atoms with E-state index in [9.17, 15) is 14.9 Å². The normalized spacial score (nSPS) is 10.6. The minimum absolute atomic E-state index is 0.0604. The minimum Gasteiger partial charge on any atom is -0.355 e. The number of nitrogens with zero attached hydrogens (tertiary/aromatic N) is 2. The van der Waals surface area contributed by atoms with Gasteiger partial charge in [0.2, 0.25) is 5.91 Å². The summed E-state index contributed by atoms with van der Waals surface area (Å²) < 4.78 is 1.72. The molecule has 0 aliphatic rings. The maximum atomic E-state index is 11.7. The first-order chi connectivity index (χ1) is 9.13. The van der Waals surface area contributed by atoms with Crippen molar-refractivity contribution in [1.82, 2.24) is 9.88 Å². The molecule has 0 saturated carbocycles. The van der Waals surface area contributed by atoms with Crippen LogP contribution in [0.25, 0.3) is 10.9 Å². The fraction of sp³-hybridized carbons (Fsp3) is 0.308. The van der Waals surface area contributed by atoms with Crippen LogP contribution in [0.15, 0.2) is 30.5 Å². The van der Waals surface area contributed by atoms with Gasteiger partial charge in [-0.15, -0.1) is 0 Å². The van der Waals surface area contributed by atoms with E-state index in [4.69, 9.17) is 0 Å². The Kier molecular flexibility index (Phi) is 3.79. The predicted octanol–water partition coefficient (Wildman–Crippen LogP) is 2.08. The fourth-order valence-electron chi connectivity index (χ4n) is 1.98. The highest BCUT2D eigenvalue weighted by Crippen LogP contribution is 2.26. The van der Waals surface area contributed by atoms with Crippen molar-refractivity contribution >= 4 is 22.5 Å². The van der Waals surface area contributed by atoms with Crippen LogP contribution >= 0.6 is 0 Å². The summed E-state index contributed by atoms with van der Waals surface area (Å²) in [5.41, 5.74) is 0.756. The van der Waals surface area contributed by atoms with Crippen LogP contribution in [0.5, 0.6) is 0 Å². The smallest absolute Gasteiger partial charge is 0.278 e. The van der Waals surface area contributed by atoms with E-state index in [0.717, 1.165) is 6.42 Å². The van der Waals surface area contributed by atoms with Crippen molar-refractivity contribution in [2.45, 2.75) is 19.9 Å². The van der Waals surface area contributed by atoms with Crippen molar-refractivity contribution < 1.29 is 9.72 Å². The first-order valence-corrected chi connectivity index (χ1v) is 6.12. The highest BCUT2D eigenvalue weighted by molar-refractivity contribution is 5.90. The molecular formula is C13H15N3O3. The van der Waals surface area contributed by atoms with Gasteiger partial charge in [-0.3, -0.25) is 14.9 Å². The third-order valence-electron chi connectivity index (χ3n) is 2.87. The molecule has 2 rings (SSSR count). The number of benzene rings is 1. The summed E-state index contributed by atoms with van der Waals surface area (Å²) in [6, 6.07) is 6.53. The molecule has 1 aromatic heterocycles. The van der Waals surface area contributed by atoms with Gasteiger partial charge in [-0.25, -0.2) is 0 Å². The first-order valence-electron chi connectivity index (χ1n) is 6.12. The number of hydrogen-bond donors (Lipinski definition) is 1. The maximum Gasteiger partial charge on any atom is 0.278 e. The molecule has 0 unspecified atom stereocenters. The molecule has 0 aliphatic carbocycles. The van der Waals surface area contributed by atoms with E-state index in [1.165, 1.54) is 6.07 Å². The zero-order valence-electron chi connectivity index (χ0n) is 10.6. The number of nitro groups is 1. The average molecular weight is 261 g/mol. The highest BCUT2D eigenvalue weighted by atomic mass is 16.6. The maximum absolute atomic E-state index is 11.7. The topological polar surface area (TPSA) is 77.2 Å². The van der Waals surface area contributed by atoms with Gasteiger partial charge in [0.15, 0.2) is 0 Å². The summed E-state index contributed by atoms with van der Waals surface area (Å²) in [5, 5.41) is 14.2. The number of nitrogens with one attached hydrogen (secondary N) is 1. The SMILES string of the molecule is CCCNC(=O)Cn1ccc2c([N+](=O)[O-])cccc21. The zero-order valence-corrected chi connectivity index (χ0v) is 10.6. The van der Waals surface area contributed by atoms with Gasteiger partial charge in [0, 0.05) is 18.8 Å². The number of nitro benzene ring substituents is 1. The van der Waals surface area contributed by atoms with E-state index in [-0.39, 0.29) is 18.1 Å². The van der Waals surface area contributed by atoms with Gasteiger partial charge in [0.1, 0.15) is 6.54 Å². The van der Waals surface area contributed by atoms with Crippen LogP contribution in [0.1, 0.15) is 13.3 Å². The lowest BCUT2D eigenvalue weighted by Gasteiger charge is -2.06. The third-order valence-corrected chi connectivity index (χ3v) is 2.87. The van der Waals surface area contributed by atoms with Crippen LogP contribution in [0.3, 0.4) is 0 Å². The van der Waals surface area contributed by atoms with Crippen LogP contribution in [0.4, 0.5) is 5.69 Å². The van der Waals surface area contributed by atoms with E-state index in [1.54, 1.807) is 29.0 Å². The first kappa shape index (κ1) is 13.1. The molecule has 6 heteroatoms. The van der Waals surface area contributed by atoms with Crippen LogP contribution < -0.4 is 5.32 Å². The second kappa shape index (κ2) is 5.51. The summed E-state index contributed by atoms with van der Waals surface area (Å²) in [5.74, 6) is -0.0918. The molecule has 0 fully saturated rings. The minimum atomic E-state index is -0.413. The molecule has 19 heavy (non-hydrogen) atoms. The van der Waals surface area contributed by atoms with Crippen LogP contribution in [0.2, 0.25) is 0 Å². The summed E-state index contributed by atoms with van der Waals surface area (Å²) in [6.45, 7) is 2.79. The Hall–Kier alpha value is -2.37. The molecule has 0 atom stereocenters. The molecule has 0 radical (unpaired) electrons. The van der Waals surface area contributed by atoms with E-state index < -0.39 is 4.92 Å². The lowest BCUT2D eigenvalue weighted by Crippen LogP contribution is -2.27. The number of aromatic nitrogens is 1. The Morgan fingerprint density at radius 3 is 2.89 bits per heavy atom. The van der Waals surface area contributed by atoms with Crippen LogP contribution in [-0.2, 0) is 11.3 Å². The molecule has 6 nitrogen and oxygen atoms in total. The van der Waals surface area contributed by atoms with E-state index >= 15 is 0 Å². The zero-order chi connectivity index (χ0) is 13.8. The monoisotopic (exact) mass is 261 g/mol. The molecular weight excluding hydrogens is 246 g/mol. The van der Waals surface area contributed by atoms with Gasteiger partial charge in [-0.1, -0.05) is 13.0 Å². The Bertz CT molecular complexity index is 619. The number of hydrogen-bond acceptors (Lipinski definition) is 3. The Balaban J connectivity index is 2.28. The molecule has 100 valence electrons. The molecule has 0 saturated heterocycles. The van der Waals surface area contributed by atoms with Crippen molar-refractivity contribution in [3.05, 3.63) is 40.6 Å². The lowest BCUT2D eigenvalue weighted by atomic mass is 10.2. The van der Waals surface area contributed by atoms with Gasteiger partial charge in [0.05, 0.1) is 15.8 Å². The van der Waals surface area contributed by atoms with Gasteiger partial charge in [-0.05, 0) is 18.6 Å². The van der Waals surface area contributed by atoms with E-state index in [1.807, 2.05) is 6.92 Å². The number of rotatable bonds is 5. The summed E-state index contributed by atoms with van der Waals surface area (Å²) in [7, 11) is 0.